The van der Waals surface area contributed by atoms with Crippen LogP contribution in [0.15, 0.2) is 18.2 Å². The third-order valence-corrected chi connectivity index (χ3v) is 4.23. The number of piperidine rings is 1. The molecular formula is C16H23N5O4. The van der Waals surface area contributed by atoms with Crippen LogP contribution in [0.3, 0.4) is 0 Å². The van der Waals surface area contributed by atoms with Crippen LogP contribution >= 0.6 is 0 Å². The molecule has 2 rings (SSSR count). The molecule has 1 aliphatic heterocycles. The Balaban J connectivity index is 1.82. The molecule has 0 atom stereocenters. The van der Waals surface area contributed by atoms with Gasteiger partial charge in [0, 0.05) is 43.5 Å². The number of hydrogen-bond donors (Lipinski definition) is 3. The molecule has 0 spiro atoms. The van der Waals surface area contributed by atoms with Gasteiger partial charge in [0.15, 0.2) is 0 Å². The molecule has 9 heteroatoms. The number of nitro groups is 1. The van der Waals surface area contributed by atoms with E-state index in [9.17, 15) is 19.7 Å². The first-order chi connectivity index (χ1) is 11.9. The van der Waals surface area contributed by atoms with Crippen LogP contribution in [0.25, 0.3) is 0 Å². The minimum atomic E-state index is -0.472. The fourth-order valence-electron chi connectivity index (χ4n) is 2.75. The second kappa shape index (κ2) is 8.43. The van der Waals surface area contributed by atoms with Crippen molar-refractivity contribution in [2.24, 2.45) is 0 Å². The van der Waals surface area contributed by atoms with Gasteiger partial charge in [-0.05, 0) is 25.8 Å². The molecule has 0 aromatic heterocycles. The van der Waals surface area contributed by atoms with Crippen molar-refractivity contribution >= 4 is 23.3 Å². The van der Waals surface area contributed by atoms with Crippen molar-refractivity contribution in [1.82, 2.24) is 15.5 Å². The van der Waals surface area contributed by atoms with E-state index in [0.29, 0.717) is 17.8 Å². The number of nitro benzene ring substituents is 1. The molecule has 0 saturated carbocycles. The largest absolute Gasteiger partial charge is 0.358 e. The van der Waals surface area contributed by atoms with E-state index in [2.05, 4.69) is 16.0 Å². The number of carbonyl (C=O) groups excluding carboxylic acids is 2. The molecule has 25 heavy (non-hydrogen) atoms. The fourth-order valence-corrected chi connectivity index (χ4v) is 2.75. The molecule has 1 saturated heterocycles. The van der Waals surface area contributed by atoms with Crippen LogP contribution in [-0.4, -0.2) is 54.5 Å². The van der Waals surface area contributed by atoms with Gasteiger partial charge in [0.05, 0.1) is 11.5 Å². The first-order valence-corrected chi connectivity index (χ1v) is 8.14. The van der Waals surface area contributed by atoms with E-state index in [1.165, 1.54) is 6.07 Å². The number of nitrogens with zero attached hydrogens (tertiary/aromatic N) is 2. The first kappa shape index (κ1) is 18.7. The summed E-state index contributed by atoms with van der Waals surface area (Å²) < 4.78 is 0. The molecule has 3 amide bonds. The molecule has 3 N–H and O–H groups in total. The Morgan fingerprint density at radius 1 is 1.32 bits per heavy atom. The van der Waals surface area contributed by atoms with Gasteiger partial charge in [0.25, 0.3) is 5.69 Å². The van der Waals surface area contributed by atoms with Gasteiger partial charge < -0.3 is 16.0 Å². The van der Waals surface area contributed by atoms with Gasteiger partial charge in [-0.2, -0.15) is 0 Å². The highest BCUT2D eigenvalue weighted by atomic mass is 16.6. The van der Waals surface area contributed by atoms with E-state index >= 15 is 0 Å². The number of anilines is 1. The summed E-state index contributed by atoms with van der Waals surface area (Å²) in [4.78, 5) is 36.0. The van der Waals surface area contributed by atoms with Crippen LogP contribution in [0.2, 0.25) is 0 Å². The lowest BCUT2D eigenvalue weighted by atomic mass is 10.1. The Bertz CT molecular complexity index is 656. The van der Waals surface area contributed by atoms with Crippen molar-refractivity contribution in [1.29, 1.82) is 0 Å². The van der Waals surface area contributed by atoms with Crippen molar-refractivity contribution in [3.63, 3.8) is 0 Å². The summed E-state index contributed by atoms with van der Waals surface area (Å²) in [7, 11) is 1.61. The van der Waals surface area contributed by atoms with Crippen LogP contribution in [0.1, 0.15) is 18.4 Å². The van der Waals surface area contributed by atoms with Gasteiger partial charge >= 0.3 is 6.03 Å². The SMILES string of the molecule is CNC(=O)CN1CCC(NC(=O)Nc2ccc(C)c([N+](=O)[O-])c2)CC1. The Morgan fingerprint density at radius 3 is 2.60 bits per heavy atom. The van der Waals surface area contributed by atoms with Gasteiger partial charge in [0.1, 0.15) is 0 Å². The lowest BCUT2D eigenvalue weighted by Crippen LogP contribution is -2.48. The number of hydrogen-bond acceptors (Lipinski definition) is 5. The maximum atomic E-state index is 12.1. The predicted molar refractivity (Wildman–Crippen MR) is 93.5 cm³/mol. The maximum absolute atomic E-state index is 12.1. The molecule has 0 unspecified atom stereocenters. The summed E-state index contributed by atoms with van der Waals surface area (Å²) in [6.45, 7) is 3.47. The van der Waals surface area contributed by atoms with Crippen molar-refractivity contribution < 1.29 is 14.5 Å². The smallest absolute Gasteiger partial charge is 0.319 e. The molecule has 1 aliphatic rings. The molecule has 0 bridgehead atoms. The zero-order chi connectivity index (χ0) is 18.4. The number of benzene rings is 1. The maximum Gasteiger partial charge on any atom is 0.319 e. The molecule has 1 aromatic carbocycles. The highest BCUT2D eigenvalue weighted by molar-refractivity contribution is 5.89. The lowest BCUT2D eigenvalue weighted by Gasteiger charge is -2.31. The summed E-state index contributed by atoms with van der Waals surface area (Å²) in [5.41, 5.74) is 0.895. The number of amides is 3. The lowest BCUT2D eigenvalue weighted by molar-refractivity contribution is -0.385. The predicted octanol–water partition coefficient (Wildman–Crippen LogP) is 1.24. The summed E-state index contributed by atoms with van der Waals surface area (Å²) in [6, 6.07) is 4.21. The fraction of sp³-hybridized carbons (Fsp3) is 0.500. The van der Waals surface area contributed by atoms with Gasteiger partial charge in [-0.1, -0.05) is 6.07 Å². The Labute approximate surface area is 145 Å². The van der Waals surface area contributed by atoms with E-state index in [4.69, 9.17) is 0 Å². The zero-order valence-corrected chi connectivity index (χ0v) is 14.4. The number of likely N-dealkylation sites (tertiary alicyclic amines) is 1. The molecule has 136 valence electrons. The third kappa shape index (κ3) is 5.42. The minimum absolute atomic E-state index is 0.0152. The van der Waals surface area contributed by atoms with Crippen molar-refractivity contribution in [2.45, 2.75) is 25.8 Å². The Hall–Kier alpha value is -2.68. The summed E-state index contributed by atoms with van der Waals surface area (Å²) in [5.74, 6) is -0.0230. The van der Waals surface area contributed by atoms with E-state index < -0.39 is 4.92 Å². The van der Waals surface area contributed by atoms with Crippen LogP contribution in [0.5, 0.6) is 0 Å². The number of rotatable bonds is 5. The van der Waals surface area contributed by atoms with E-state index in [-0.39, 0.29) is 23.7 Å². The van der Waals surface area contributed by atoms with E-state index in [1.54, 1.807) is 26.1 Å². The van der Waals surface area contributed by atoms with Gasteiger partial charge in [-0.3, -0.25) is 19.8 Å². The summed E-state index contributed by atoms with van der Waals surface area (Å²) in [6.07, 6.45) is 1.50. The number of nitrogens with one attached hydrogen (secondary N) is 3. The zero-order valence-electron chi connectivity index (χ0n) is 14.4. The highest BCUT2D eigenvalue weighted by Crippen LogP contribution is 2.22. The van der Waals surface area contributed by atoms with Crippen LogP contribution in [-0.2, 0) is 4.79 Å². The highest BCUT2D eigenvalue weighted by Gasteiger charge is 2.22. The molecule has 1 heterocycles. The van der Waals surface area contributed by atoms with Gasteiger partial charge in [0.2, 0.25) is 5.91 Å². The average Bonchev–Trinajstić information content (AvgIpc) is 2.58. The first-order valence-electron chi connectivity index (χ1n) is 8.14. The van der Waals surface area contributed by atoms with E-state index in [0.717, 1.165) is 25.9 Å². The molecule has 1 aromatic rings. The quantitative estimate of drug-likeness (QED) is 0.546. The summed E-state index contributed by atoms with van der Waals surface area (Å²) in [5, 5.41) is 19.0. The monoisotopic (exact) mass is 349 g/mol. The van der Waals surface area contributed by atoms with Crippen LogP contribution in [0.4, 0.5) is 16.2 Å². The van der Waals surface area contributed by atoms with Gasteiger partial charge in [-0.15, -0.1) is 0 Å². The molecule has 9 nitrogen and oxygen atoms in total. The third-order valence-electron chi connectivity index (χ3n) is 4.23. The normalized spacial score (nSPS) is 15.4. The van der Waals surface area contributed by atoms with Crippen molar-refractivity contribution in [3.8, 4) is 0 Å². The van der Waals surface area contributed by atoms with Crippen LogP contribution in [0, 0.1) is 17.0 Å². The Morgan fingerprint density at radius 2 is 2.00 bits per heavy atom. The molecule has 0 aliphatic carbocycles. The van der Waals surface area contributed by atoms with Crippen LogP contribution < -0.4 is 16.0 Å². The number of likely N-dealkylation sites (N-methyl/N-ethyl adjacent to an activating group) is 1. The number of urea groups is 1. The number of carbonyl (C=O) groups is 2. The second-order valence-electron chi connectivity index (χ2n) is 6.08. The summed E-state index contributed by atoms with van der Waals surface area (Å²) >= 11 is 0. The van der Waals surface area contributed by atoms with Crippen molar-refractivity contribution in [3.05, 3.63) is 33.9 Å². The standard InChI is InChI=1S/C16H23N5O4/c1-11-3-4-13(9-14(11)21(24)25)19-16(23)18-12-5-7-20(8-6-12)10-15(22)17-2/h3-4,9,12H,5-8,10H2,1-2H3,(H,17,22)(H2,18,19,23). The minimum Gasteiger partial charge on any atom is -0.358 e. The topological polar surface area (TPSA) is 117 Å². The van der Waals surface area contributed by atoms with E-state index in [1.807, 2.05) is 4.90 Å². The molecular weight excluding hydrogens is 326 g/mol. The second-order valence-corrected chi connectivity index (χ2v) is 6.08. The molecule has 1 fully saturated rings. The average molecular weight is 349 g/mol. The van der Waals surface area contributed by atoms with Gasteiger partial charge in [-0.25, -0.2) is 4.79 Å². The molecule has 0 radical (unpaired) electrons. The van der Waals surface area contributed by atoms with Crippen molar-refractivity contribution in [2.75, 3.05) is 32.0 Å². The Kier molecular flexibility index (Phi) is 6.29. The number of aryl methyl sites for hydroxylation is 1.